The van der Waals surface area contributed by atoms with Gasteiger partial charge < -0.3 is 19.7 Å². The number of benzene rings is 3. The highest BCUT2D eigenvalue weighted by Gasteiger charge is 2.10. The molecular formula is C26H30O6. The molecule has 3 aromatic rings. The summed E-state index contributed by atoms with van der Waals surface area (Å²) in [4.78, 5) is 21.3. The van der Waals surface area contributed by atoms with E-state index in [2.05, 4.69) is 24.3 Å². The van der Waals surface area contributed by atoms with E-state index < -0.39 is 11.9 Å². The molecule has 0 aliphatic rings. The number of unbranched alkanes of at least 4 members (excludes halogenated alkanes) is 4. The Morgan fingerprint density at radius 3 is 1.44 bits per heavy atom. The van der Waals surface area contributed by atoms with E-state index >= 15 is 0 Å². The molecule has 3 aromatic carbocycles. The number of hydrogen-bond donors (Lipinski definition) is 2. The smallest absolute Gasteiger partial charge is 0.303 e. The fourth-order valence-corrected chi connectivity index (χ4v) is 3.65. The Labute approximate surface area is 187 Å². The van der Waals surface area contributed by atoms with Crippen LogP contribution in [0.2, 0.25) is 0 Å². The summed E-state index contributed by atoms with van der Waals surface area (Å²) >= 11 is 0. The lowest BCUT2D eigenvalue weighted by Crippen LogP contribution is -2.03. The van der Waals surface area contributed by atoms with E-state index in [4.69, 9.17) is 19.7 Å². The second kappa shape index (κ2) is 11.9. The second-order valence-corrected chi connectivity index (χ2v) is 7.95. The van der Waals surface area contributed by atoms with Gasteiger partial charge in [0.05, 0.1) is 13.2 Å². The molecule has 170 valence electrons. The number of carbonyl (C=O) groups is 2. The van der Waals surface area contributed by atoms with Gasteiger partial charge in [-0.1, -0.05) is 24.3 Å². The van der Waals surface area contributed by atoms with Crippen molar-refractivity contribution in [2.24, 2.45) is 0 Å². The predicted molar refractivity (Wildman–Crippen MR) is 125 cm³/mol. The van der Waals surface area contributed by atoms with E-state index in [1.54, 1.807) is 0 Å². The Kier molecular flexibility index (Phi) is 8.72. The average molecular weight is 439 g/mol. The Morgan fingerprint density at radius 1 is 0.594 bits per heavy atom. The quantitative estimate of drug-likeness (QED) is 0.235. The van der Waals surface area contributed by atoms with Crippen molar-refractivity contribution < 1.29 is 29.3 Å². The minimum atomic E-state index is -0.772. The minimum absolute atomic E-state index is 0.180. The fourth-order valence-electron chi connectivity index (χ4n) is 3.65. The van der Waals surface area contributed by atoms with Crippen molar-refractivity contribution in [3.8, 4) is 11.5 Å². The Morgan fingerprint density at radius 2 is 1.03 bits per heavy atom. The molecule has 6 heteroatoms. The number of fused-ring (bicyclic) bond motifs is 2. The molecule has 0 saturated heterocycles. The molecule has 0 aliphatic carbocycles. The number of carboxylic acid groups (broad SMARTS) is 2. The molecule has 0 amide bonds. The van der Waals surface area contributed by atoms with Crippen LogP contribution < -0.4 is 9.47 Å². The largest absolute Gasteiger partial charge is 0.490 e. The van der Waals surface area contributed by atoms with Crippen molar-refractivity contribution in [2.45, 2.75) is 51.4 Å². The standard InChI is InChI=1S/C26H30O6/c27-25(28)11-3-1-7-13-31-23-17-21-15-19-9-5-6-10-20(19)16-22(21)18-24(23)32-14-8-2-4-12-26(29)30/h5-6,9-10,15-18H,1-4,7-8,11-14H2,(H,27,28)(H,29,30). The summed E-state index contributed by atoms with van der Waals surface area (Å²) < 4.78 is 12.0. The van der Waals surface area contributed by atoms with Gasteiger partial charge in [-0.25, -0.2) is 0 Å². The van der Waals surface area contributed by atoms with Gasteiger partial charge in [-0.3, -0.25) is 9.59 Å². The second-order valence-electron chi connectivity index (χ2n) is 7.95. The van der Waals surface area contributed by atoms with E-state index in [0.29, 0.717) is 37.6 Å². The molecule has 32 heavy (non-hydrogen) atoms. The molecule has 0 atom stereocenters. The highest BCUT2D eigenvalue weighted by atomic mass is 16.5. The maximum atomic E-state index is 10.6. The number of rotatable bonds is 14. The number of ether oxygens (including phenoxy) is 2. The van der Waals surface area contributed by atoms with Gasteiger partial charge in [0.15, 0.2) is 11.5 Å². The van der Waals surface area contributed by atoms with Crippen LogP contribution in [0.3, 0.4) is 0 Å². The molecule has 0 heterocycles. The summed E-state index contributed by atoms with van der Waals surface area (Å²) in [5.74, 6) is -0.188. The van der Waals surface area contributed by atoms with Crippen LogP contribution in [0.15, 0.2) is 48.5 Å². The lowest BCUT2D eigenvalue weighted by molar-refractivity contribution is -0.138. The van der Waals surface area contributed by atoms with Crippen LogP contribution in [0.25, 0.3) is 21.5 Å². The van der Waals surface area contributed by atoms with Gasteiger partial charge in [0.2, 0.25) is 0 Å². The summed E-state index contributed by atoms with van der Waals surface area (Å²) in [7, 11) is 0. The number of aliphatic carboxylic acids is 2. The molecule has 6 nitrogen and oxygen atoms in total. The Balaban J connectivity index is 1.68. The average Bonchev–Trinajstić information content (AvgIpc) is 2.76. The van der Waals surface area contributed by atoms with Gasteiger partial charge in [0.25, 0.3) is 0 Å². The van der Waals surface area contributed by atoms with Crippen molar-refractivity contribution in [1.82, 2.24) is 0 Å². The molecule has 0 spiro atoms. The summed E-state index contributed by atoms with van der Waals surface area (Å²) in [6.45, 7) is 0.987. The highest BCUT2D eigenvalue weighted by molar-refractivity contribution is 5.99. The Hall–Kier alpha value is -3.28. The minimum Gasteiger partial charge on any atom is -0.490 e. The maximum Gasteiger partial charge on any atom is 0.303 e. The first-order chi connectivity index (χ1) is 15.5. The third-order valence-electron chi connectivity index (χ3n) is 5.35. The van der Waals surface area contributed by atoms with Gasteiger partial charge in [0.1, 0.15) is 0 Å². The van der Waals surface area contributed by atoms with Gasteiger partial charge in [0, 0.05) is 12.8 Å². The summed E-state index contributed by atoms with van der Waals surface area (Å²) in [5.41, 5.74) is 0. The van der Waals surface area contributed by atoms with E-state index in [0.717, 1.165) is 47.2 Å². The van der Waals surface area contributed by atoms with E-state index in [-0.39, 0.29) is 12.8 Å². The van der Waals surface area contributed by atoms with Crippen LogP contribution in [-0.4, -0.2) is 35.4 Å². The van der Waals surface area contributed by atoms with Gasteiger partial charge in [-0.2, -0.15) is 0 Å². The third kappa shape index (κ3) is 7.15. The first kappa shape index (κ1) is 23.4. The monoisotopic (exact) mass is 438 g/mol. The molecule has 0 unspecified atom stereocenters. The van der Waals surface area contributed by atoms with Crippen molar-refractivity contribution in [2.75, 3.05) is 13.2 Å². The van der Waals surface area contributed by atoms with Crippen molar-refractivity contribution in [3.63, 3.8) is 0 Å². The zero-order valence-electron chi connectivity index (χ0n) is 18.2. The van der Waals surface area contributed by atoms with Crippen molar-refractivity contribution in [1.29, 1.82) is 0 Å². The SMILES string of the molecule is O=C(O)CCCCCOc1cc2cc3ccccc3cc2cc1OCCCCCC(=O)O. The van der Waals surface area contributed by atoms with E-state index in [9.17, 15) is 9.59 Å². The fraction of sp³-hybridized carbons (Fsp3) is 0.385. The summed E-state index contributed by atoms with van der Waals surface area (Å²) in [5, 5.41) is 21.9. The predicted octanol–water partition coefficient (Wildman–Crippen LogP) is 6.04. The van der Waals surface area contributed by atoms with Gasteiger partial charge >= 0.3 is 11.9 Å². The third-order valence-corrected chi connectivity index (χ3v) is 5.35. The van der Waals surface area contributed by atoms with Gasteiger partial charge in [-0.15, -0.1) is 0 Å². The topological polar surface area (TPSA) is 93.1 Å². The molecule has 0 bridgehead atoms. The number of hydrogen-bond acceptors (Lipinski definition) is 4. The van der Waals surface area contributed by atoms with Crippen LogP contribution in [0, 0.1) is 0 Å². The van der Waals surface area contributed by atoms with E-state index in [1.165, 1.54) is 0 Å². The Bertz CT molecular complexity index is 975. The first-order valence-electron chi connectivity index (χ1n) is 11.2. The highest BCUT2D eigenvalue weighted by Crippen LogP contribution is 2.35. The lowest BCUT2D eigenvalue weighted by atomic mass is 10.0. The molecular weight excluding hydrogens is 408 g/mol. The van der Waals surface area contributed by atoms with Crippen molar-refractivity contribution >= 4 is 33.5 Å². The van der Waals surface area contributed by atoms with Crippen LogP contribution in [0.5, 0.6) is 11.5 Å². The summed E-state index contributed by atoms with van der Waals surface area (Å²) in [6.07, 6.45) is 4.78. The van der Waals surface area contributed by atoms with Crippen LogP contribution in [-0.2, 0) is 9.59 Å². The molecule has 0 fully saturated rings. The van der Waals surface area contributed by atoms with E-state index in [1.807, 2.05) is 24.3 Å². The molecule has 3 rings (SSSR count). The molecule has 0 saturated carbocycles. The molecule has 2 N–H and O–H groups in total. The maximum absolute atomic E-state index is 10.6. The zero-order chi connectivity index (χ0) is 22.8. The molecule has 0 aliphatic heterocycles. The lowest BCUT2D eigenvalue weighted by Gasteiger charge is -2.15. The normalized spacial score (nSPS) is 11.0. The van der Waals surface area contributed by atoms with Crippen molar-refractivity contribution in [3.05, 3.63) is 48.5 Å². The molecule has 0 aromatic heterocycles. The van der Waals surface area contributed by atoms with Crippen LogP contribution in [0.4, 0.5) is 0 Å². The first-order valence-corrected chi connectivity index (χ1v) is 11.2. The zero-order valence-corrected chi connectivity index (χ0v) is 18.2. The van der Waals surface area contributed by atoms with Gasteiger partial charge in [-0.05, 0) is 84.3 Å². The summed E-state index contributed by atoms with van der Waals surface area (Å²) in [6, 6.07) is 16.5. The molecule has 0 radical (unpaired) electrons. The number of carboxylic acids is 2. The van der Waals surface area contributed by atoms with Crippen LogP contribution >= 0.6 is 0 Å². The van der Waals surface area contributed by atoms with Crippen LogP contribution in [0.1, 0.15) is 51.4 Å².